The summed E-state index contributed by atoms with van der Waals surface area (Å²) in [6.45, 7) is 7.77. The number of hydrogen-bond donors (Lipinski definition) is 0. The van der Waals surface area contributed by atoms with Crippen molar-refractivity contribution in [1.29, 1.82) is 5.26 Å². The lowest BCUT2D eigenvalue weighted by Gasteiger charge is -2.36. The molecule has 1 aliphatic rings. The molecule has 1 fully saturated rings. The van der Waals surface area contributed by atoms with E-state index in [2.05, 4.69) is 18.7 Å². The lowest BCUT2D eigenvalue weighted by atomic mass is 9.95. The molecule has 0 aliphatic carbocycles. The Balaban J connectivity index is 1.56. The van der Waals surface area contributed by atoms with E-state index >= 15 is 0 Å². The van der Waals surface area contributed by atoms with E-state index in [0.29, 0.717) is 10.9 Å². The molecule has 2 atom stereocenters. The Bertz CT molecular complexity index is 1510. The van der Waals surface area contributed by atoms with Gasteiger partial charge in [0.05, 0.1) is 17.8 Å². The second-order valence-corrected chi connectivity index (χ2v) is 9.20. The van der Waals surface area contributed by atoms with Crippen molar-refractivity contribution < 1.29 is 9.13 Å². The molecule has 4 aromatic rings. The first-order valence-electron chi connectivity index (χ1n) is 11.7. The van der Waals surface area contributed by atoms with Gasteiger partial charge in [-0.25, -0.2) is 4.39 Å². The van der Waals surface area contributed by atoms with Crippen LogP contribution in [0, 0.1) is 24.1 Å². The monoisotopic (exact) mass is 467 g/mol. The number of ether oxygens (including phenoxy) is 1. The molecule has 176 valence electrons. The van der Waals surface area contributed by atoms with Gasteiger partial charge in [-0.3, -0.25) is 9.36 Å². The number of halogens is 1. The van der Waals surface area contributed by atoms with E-state index in [4.69, 9.17) is 10.00 Å². The molecule has 2 heterocycles. The third-order valence-corrected chi connectivity index (χ3v) is 6.54. The summed E-state index contributed by atoms with van der Waals surface area (Å²) >= 11 is 0. The summed E-state index contributed by atoms with van der Waals surface area (Å²) in [6.07, 6.45) is 2.17. The zero-order chi connectivity index (χ0) is 24.7. The van der Waals surface area contributed by atoms with Gasteiger partial charge in [-0.15, -0.1) is 0 Å². The molecule has 35 heavy (non-hydrogen) atoms. The molecule has 0 radical (unpaired) electrons. The summed E-state index contributed by atoms with van der Waals surface area (Å²) < 4.78 is 21.8. The summed E-state index contributed by atoms with van der Waals surface area (Å²) in [5.74, 6) is -0.572. The molecule has 1 saturated heterocycles. The van der Waals surface area contributed by atoms with Crippen LogP contribution in [0.25, 0.3) is 27.6 Å². The number of aromatic nitrogens is 1. The average Bonchev–Trinajstić information content (AvgIpc) is 2.85. The third-order valence-electron chi connectivity index (χ3n) is 6.54. The lowest BCUT2D eigenvalue weighted by molar-refractivity contribution is -0.00521. The molecular weight excluding hydrogens is 441 g/mol. The highest BCUT2D eigenvalue weighted by molar-refractivity contribution is 5.98. The van der Waals surface area contributed by atoms with E-state index < -0.39 is 5.82 Å². The van der Waals surface area contributed by atoms with Crippen molar-refractivity contribution in [2.75, 3.05) is 18.0 Å². The third kappa shape index (κ3) is 4.20. The maximum absolute atomic E-state index is 14.3. The minimum atomic E-state index is -0.572. The van der Waals surface area contributed by atoms with Crippen LogP contribution in [-0.2, 0) is 4.74 Å². The standard InChI is InChI=1S/C29H26FN3O2/c1-18-15-33(24-11-9-23(10-12-24)32-16-19(2)35-20(3)17-32)29(34)26-6-4-5-25(28(18)26)21-7-8-22(14-31)27(30)13-21/h4-13,15,19-20H,16-17H2,1-3H3. The van der Waals surface area contributed by atoms with Crippen LogP contribution in [0.15, 0.2) is 71.7 Å². The summed E-state index contributed by atoms with van der Waals surface area (Å²) in [7, 11) is 0. The van der Waals surface area contributed by atoms with Gasteiger partial charge in [0.25, 0.3) is 5.56 Å². The van der Waals surface area contributed by atoms with Crippen molar-refractivity contribution in [2.24, 2.45) is 0 Å². The summed E-state index contributed by atoms with van der Waals surface area (Å²) in [5.41, 5.74) is 4.05. The number of nitrogens with zero attached hydrogens (tertiary/aromatic N) is 3. The first kappa shape index (κ1) is 22.8. The van der Waals surface area contributed by atoms with Crippen LogP contribution in [0.3, 0.4) is 0 Å². The SMILES string of the molecule is Cc1cn(-c2ccc(N3CC(C)OC(C)C3)cc2)c(=O)c2cccc(-c3ccc(C#N)c(F)c3)c12. The van der Waals surface area contributed by atoms with Crippen LogP contribution in [0.1, 0.15) is 25.0 Å². The Morgan fingerprint density at radius 1 is 1.00 bits per heavy atom. The molecule has 5 nitrogen and oxygen atoms in total. The highest BCUT2D eigenvalue weighted by atomic mass is 19.1. The van der Waals surface area contributed by atoms with E-state index in [9.17, 15) is 9.18 Å². The zero-order valence-corrected chi connectivity index (χ0v) is 20.0. The molecule has 1 aliphatic heterocycles. The van der Waals surface area contributed by atoms with E-state index in [1.165, 1.54) is 12.1 Å². The minimum absolute atomic E-state index is 0.00231. The fourth-order valence-corrected chi connectivity index (χ4v) is 5.02. The van der Waals surface area contributed by atoms with Gasteiger partial charge in [-0.1, -0.05) is 18.2 Å². The van der Waals surface area contributed by atoms with Crippen molar-refractivity contribution in [3.05, 3.63) is 94.2 Å². The molecule has 5 rings (SSSR count). The van der Waals surface area contributed by atoms with Gasteiger partial charge in [0.15, 0.2) is 0 Å². The van der Waals surface area contributed by atoms with Crippen molar-refractivity contribution in [3.63, 3.8) is 0 Å². The second-order valence-electron chi connectivity index (χ2n) is 9.20. The Hall–Kier alpha value is -3.95. The molecular formula is C29H26FN3O2. The van der Waals surface area contributed by atoms with Crippen molar-refractivity contribution in [2.45, 2.75) is 33.0 Å². The molecule has 0 amide bonds. The smallest absolute Gasteiger partial charge is 0.262 e. The van der Waals surface area contributed by atoms with Gasteiger partial charge in [0, 0.05) is 36.0 Å². The van der Waals surface area contributed by atoms with Crippen LogP contribution in [0.5, 0.6) is 0 Å². The number of rotatable bonds is 3. The van der Waals surface area contributed by atoms with Crippen LogP contribution in [0.4, 0.5) is 10.1 Å². The molecule has 1 aromatic heterocycles. The number of fused-ring (bicyclic) bond motifs is 1. The summed E-state index contributed by atoms with van der Waals surface area (Å²) in [5, 5.41) is 10.4. The molecule has 6 heteroatoms. The number of nitriles is 1. The van der Waals surface area contributed by atoms with Gasteiger partial charge in [0.1, 0.15) is 11.9 Å². The van der Waals surface area contributed by atoms with Crippen LogP contribution in [-0.4, -0.2) is 29.9 Å². The number of pyridine rings is 1. The Morgan fingerprint density at radius 3 is 2.34 bits per heavy atom. The normalized spacial score (nSPS) is 18.0. The number of hydrogen-bond acceptors (Lipinski definition) is 4. The Labute approximate surface area is 203 Å². The molecule has 0 bridgehead atoms. The molecule has 0 saturated carbocycles. The first-order valence-corrected chi connectivity index (χ1v) is 11.7. The number of benzene rings is 3. The van der Waals surface area contributed by atoms with Crippen molar-refractivity contribution in [1.82, 2.24) is 4.57 Å². The topological polar surface area (TPSA) is 58.3 Å². The number of anilines is 1. The molecule has 3 aromatic carbocycles. The molecule has 0 spiro atoms. The maximum Gasteiger partial charge on any atom is 0.262 e. The predicted molar refractivity (Wildman–Crippen MR) is 137 cm³/mol. The first-order chi connectivity index (χ1) is 16.9. The Morgan fingerprint density at radius 2 is 1.69 bits per heavy atom. The van der Waals surface area contributed by atoms with Crippen LogP contribution >= 0.6 is 0 Å². The average molecular weight is 468 g/mol. The van der Waals surface area contributed by atoms with Gasteiger partial charge in [-0.2, -0.15) is 5.26 Å². The Kier molecular flexibility index (Phi) is 5.88. The highest BCUT2D eigenvalue weighted by Crippen LogP contribution is 2.31. The van der Waals surface area contributed by atoms with Gasteiger partial charge in [0.2, 0.25) is 0 Å². The summed E-state index contributed by atoms with van der Waals surface area (Å²) in [6, 6.07) is 19.9. The minimum Gasteiger partial charge on any atom is -0.372 e. The number of aryl methyl sites for hydroxylation is 1. The second kappa shape index (κ2) is 9.01. The molecule has 0 N–H and O–H groups in total. The largest absolute Gasteiger partial charge is 0.372 e. The fraction of sp³-hybridized carbons (Fsp3) is 0.241. The van der Waals surface area contributed by atoms with E-state index in [1.54, 1.807) is 16.7 Å². The van der Waals surface area contributed by atoms with E-state index in [-0.39, 0.29) is 23.3 Å². The van der Waals surface area contributed by atoms with Crippen LogP contribution < -0.4 is 10.5 Å². The van der Waals surface area contributed by atoms with Crippen molar-refractivity contribution in [3.8, 4) is 22.9 Å². The fourth-order valence-electron chi connectivity index (χ4n) is 5.02. The zero-order valence-electron chi connectivity index (χ0n) is 20.0. The maximum atomic E-state index is 14.3. The number of morpholine rings is 1. The van der Waals surface area contributed by atoms with Crippen LogP contribution in [0.2, 0.25) is 0 Å². The lowest BCUT2D eigenvalue weighted by Crippen LogP contribution is -2.45. The highest BCUT2D eigenvalue weighted by Gasteiger charge is 2.22. The van der Waals surface area contributed by atoms with Gasteiger partial charge in [-0.05, 0) is 85.3 Å². The molecule has 2 unspecified atom stereocenters. The van der Waals surface area contributed by atoms with E-state index in [1.807, 2.05) is 55.6 Å². The quantitative estimate of drug-likeness (QED) is 0.394. The summed E-state index contributed by atoms with van der Waals surface area (Å²) in [4.78, 5) is 15.8. The van der Waals surface area contributed by atoms with Gasteiger partial charge >= 0.3 is 0 Å². The van der Waals surface area contributed by atoms with Gasteiger partial charge < -0.3 is 9.64 Å². The van der Waals surface area contributed by atoms with E-state index in [0.717, 1.165) is 41.0 Å². The predicted octanol–water partition coefficient (Wildman–Crippen LogP) is 5.59. The van der Waals surface area contributed by atoms with Crippen molar-refractivity contribution >= 4 is 16.5 Å².